The van der Waals surface area contributed by atoms with Crippen molar-refractivity contribution >= 4 is 27.5 Å². The minimum absolute atomic E-state index is 0.128. The zero-order valence-corrected chi connectivity index (χ0v) is 21.9. The summed E-state index contributed by atoms with van der Waals surface area (Å²) in [6, 6.07) is 19.8. The highest BCUT2D eigenvalue weighted by Gasteiger charge is 2.32. The van der Waals surface area contributed by atoms with Crippen molar-refractivity contribution in [2.24, 2.45) is 11.3 Å². The van der Waals surface area contributed by atoms with Crippen LogP contribution in [-0.2, 0) is 37.3 Å². The van der Waals surface area contributed by atoms with Gasteiger partial charge in [-0.1, -0.05) is 86.6 Å². The summed E-state index contributed by atoms with van der Waals surface area (Å²) in [5.41, 5.74) is 3.21. The molecule has 1 aliphatic carbocycles. The van der Waals surface area contributed by atoms with Crippen LogP contribution < -0.4 is 5.56 Å². The molecular formula is C29H32N4O2S. The molecule has 0 aliphatic heterocycles. The summed E-state index contributed by atoms with van der Waals surface area (Å²) in [6.45, 7) is 7.64. The lowest BCUT2D eigenvalue weighted by atomic mass is 9.72. The molecule has 7 heteroatoms. The quantitative estimate of drug-likeness (QED) is 0.363. The van der Waals surface area contributed by atoms with Crippen LogP contribution in [0.25, 0.3) is 10.2 Å². The molecule has 0 fully saturated rings. The van der Waals surface area contributed by atoms with Crippen LogP contribution in [0.5, 0.6) is 0 Å². The van der Waals surface area contributed by atoms with Gasteiger partial charge in [-0.05, 0) is 47.3 Å². The molecular weight excluding hydrogens is 468 g/mol. The fourth-order valence-corrected chi connectivity index (χ4v) is 6.27. The fraction of sp³-hybridized carbons (Fsp3) is 0.379. The van der Waals surface area contributed by atoms with Gasteiger partial charge in [0.15, 0.2) is 4.83 Å². The lowest BCUT2D eigenvalue weighted by molar-refractivity contribution is -0.133. The molecule has 0 spiro atoms. The Kier molecular flexibility index (Phi) is 6.75. The Labute approximate surface area is 215 Å². The Morgan fingerprint density at radius 2 is 1.64 bits per heavy atom. The standard InChI is InChI=1S/C29H32N4O2S/c1-29(2,3)22-14-15-23-24(16-22)36-27-26(23)28(35)33(31-30-27)19-25(34)32(17-20-10-6-4-7-11-20)18-21-12-8-5-9-13-21/h4-13,22H,14-19H2,1-3H3. The smallest absolute Gasteiger partial charge is 0.279 e. The van der Waals surface area contributed by atoms with Crippen molar-refractivity contribution in [3.05, 3.63) is 92.6 Å². The first-order chi connectivity index (χ1) is 17.3. The van der Waals surface area contributed by atoms with Gasteiger partial charge < -0.3 is 4.90 Å². The van der Waals surface area contributed by atoms with Crippen molar-refractivity contribution in [2.75, 3.05) is 0 Å². The highest BCUT2D eigenvalue weighted by atomic mass is 32.1. The number of carbonyl (C=O) groups excluding carboxylic acids is 1. The van der Waals surface area contributed by atoms with E-state index in [1.165, 1.54) is 9.56 Å². The van der Waals surface area contributed by atoms with Crippen molar-refractivity contribution < 1.29 is 4.79 Å². The number of amides is 1. The summed E-state index contributed by atoms with van der Waals surface area (Å²) in [6.07, 6.45) is 2.91. The molecule has 36 heavy (non-hydrogen) atoms. The average molecular weight is 501 g/mol. The molecule has 2 heterocycles. The van der Waals surface area contributed by atoms with Gasteiger partial charge in [-0.3, -0.25) is 9.59 Å². The fourth-order valence-electron chi connectivity index (χ4n) is 5.04. The van der Waals surface area contributed by atoms with Gasteiger partial charge in [-0.2, -0.15) is 0 Å². The largest absolute Gasteiger partial charge is 0.332 e. The number of rotatable bonds is 6. The van der Waals surface area contributed by atoms with E-state index in [9.17, 15) is 9.59 Å². The number of aromatic nitrogens is 3. The van der Waals surface area contributed by atoms with E-state index in [-0.39, 0.29) is 23.4 Å². The van der Waals surface area contributed by atoms with Gasteiger partial charge in [-0.15, -0.1) is 16.4 Å². The molecule has 5 rings (SSSR count). The van der Waals surface area contributed by atoms with E-state index in [0.29, 0.717) is 29.2 Å². The van der Waals surface area contributed by atoms with Crippen molar-refractivity contribution in [3.63, 3.8) is 0 Å². The van der Waals surface area contributed by atoms with Gasteiger partial charge in [-0.25, -0.2) is 4.68 Å². The Morgan fingerprint density at radius 3 is 2.22 bits per heavy atom. The number of nitrogens with zero attached hydrogens (tertiary/aromatic N) is 4. The molecule has 0 saturated carbocycles. The van der Waals surface area contributed by atoms with Crippen molar-refractivity contribution in [3.8, 4) is 0 Å². The second kappa shape index (κ2) is 9.97. The van der Waals surface area contributed by atoms with Crippen LogP contribution in [0.3, 0.4) is 0 Å². The number of fused-ring (bicyclic) bond motifs is 3. The predicted molar refractivity (Wildman–Crippen MR) is 144 cm³/mol. The van der Waals surface area contributed by atoms with Crippen LogP contribution in [0.4, 0.5) is 0 Å². The highest BCUT2D eigenvalue weighted by molar-refractivity contribution is 7.18. The van der Waals surface area contributed by atoms with Crippen LogP contribution in [0, 0.1) is 11.3 Å². The van der Waals surface area contributed by atoms with Crippen LogP contribution in [0.15, 0.2) is 65.5 Å². The molecule has 4 aromatic rings. The first-order valence-corrected chi connectivity index (χ1v) is 13.3. The van der Waals surface area contributed by atoms with Gasteiger partial charge >= 0.3 is 0 Å². The average Bonchev–Trinajstić information content (AvgIpc) is 3.25. The molecule has 1 atom stereocenters. The van der Waals surface area contributed by atoms with Crippen LogP contribution in [0.1, 0.15) is 48.8 Å². The third-order valence-corrected chi connectivity index (χ3v) is 8.37. The van der Waals surface area contributed by atoms with E-state index < -0.39 is 0 Å². The van der Waals surface area contributed by atoms with Gasteiger partial charge in [0.2, 0.25) is 5.91 Å². The lowest BCUT2D eigenvalue weighted by Gasteiger charge is -2.33. The number of aryl methyl sites for hydroxylation is 1. The van der Waals surface area contributed by atoms with Crippen molar-refractivity contribution in [1.82, 2.24) is 19.9 Å². The normalized spacial score (nSPS) is 15.6. The minimum Gasteiger partial charge on any atom is -0.332 e. The summed E-state index contributed by atoms with van der Waals surface area (Å²) >= 11 is 1.59. The maximum Gasteiger partial charge on any atom is 0.279 e. The molecule has 0 radical (unpaired) electrons. The van der Waals surface area contributed by atoms with E-state index in [1.807, 2.05) is 60.7 Å². The number of carbonyl (C=O) groups is 1. The molecule has 186 valence electrons. The summed E-state index contributed by atoms with van der Waals surface area (Å²) in [5.74, 6) is 0.426. The minimum atomic E-state index is -0.209. The second-order valence-electron chi connectivity index (χ2n) is 10.8. The molecule has 0 N–H and O–H groups in total. The zero-order valence-electron chi connectivity index (χ0n) is 21.1. The number of benzene rings is 2. The first-order valence-electron chi connectivity index (χ1n) is 12.5. The Bertz CT molecular complexity index is 1380. The maximum absolute atomic E-state index is 13.5. The van der Waals surface area contributed by atoms with Gasteiger partial charge in [0, 0.05) is 18.0 Å². The number of hydrogen-bond donors (Lipinski definition) is 0. The van der Waals surface area contributed by atoms with Crippen LogP contribution >= 0.6 is 11.3 Å². The number of thiophene rings is 1. The monoisotopic (exact) mass is 500 g/mol. The van der Waals surface area contributed by atoms with Gasteiger partial charge in [0.1, 0.15) is 6.54 Å². The Hall–Kier alpha value is -3.32. The summed E-state index contributed by atoms with van der Waals surface area (Å²) in [5, 5.41) is 9.20. The highest BCUT2D eigenvalue weighted by Crippen LogP contribution is 2.41. The topological polar surface area (TPSA) is 68.1 Å². The van der Waals surface area contributed by atoms with Crippen LogP contribution in [-0.4, -0.2) is 25.8 Å². The molecule has 2 aromatic heterocycles. The number of hydrogen-bond acceptors (Lipinski definition) is 5. The lowest BCUT2D eigenvalue weighted by Crippen LogP contribution is -2.37. The first kappa shape index (κ1) is 24.4. The predicted octanol–water partition coefficient (Wildman–Crippen LogP) is 5.23. The molecule has 1 aliphatic rings. The Morgan fingerprint density at radius 1 is 1.03 bits per heavy atom. The zero-order chi connectivity index (χ0) is 25.3. The van der Waals surface area contributed by atoms with Crippen LogP contribution in [0.2, 0.25) is 0 Å². The third kappa shape index (κ3) is 5.12. The van der Waals surface area contributed by atoms with E-state index in [1.54, 1.807) is 16.2 Å². The van der Waals surface area contributed by atoms with E-state index in [0.717, 1.165) is 36.0 Å². The maximum atomic E-state index is 13.5. The summed E-state index contributed by atoms with van der Waals surface area (Å²) in [7, 11) is 0. The van der Waals surface area contributed by atoms with E-state index in [2.05, 4.69) is 31.1 Å². The summed E-state index contributed by atoms with van der Waals surface area (Å²) in [4.78, 5) is 30.7. The molecule has 1 amide bonds. The molecule has 6 nitrogen and oxygen atoms in total. The molecule has 2 aromatic carbocycles. The van der Waals surface area contributed by atoms with Gasteiger partial charge in [0.25, 0.3) is 5.56 Å². The van der Waals surface area contributed by atoms with Crippen molar-refractivity contribution in [2.45, 2.75) is 59.7 Å². The second-order valence-corrected chi connectivity index (χ2v) is 11.8. The molecule has 0 bridgehead atoms. The molecule has 1 unspecified atom stereocenters. The van der Waals surface area contributed by atoms with Gasteiger partial charge in [0.05, 0.1) is 5.39 Å². The SMILES string of the molecule is CC(C)(C)C1CCc2c(sc3nnn(CC(=O)N(Cc4ccccc4)Cc4ccccc4)c(=O)c23)C1. The summed E-state index contributed by atoms with van der Waals surface area (Å²) < 4.78 is 1.25. The Balaban J connectivity index is 1.42. The van der Waals surface area contributed by atoms with Crippen molar-refractivity contribution in [1.29, 1.82) is 0 Å². The van der Waals surface area contributed by atoms with E-state index in [4.69, 9.17) is 0 Å². The van der Waals surface area contributed by atoms with E-state index >= 15 is 0 Å². The molecule has 0 saturated heterocycles. The third-order valence-electron chi connectivity index (χ3n) is 7.23.